The van der Waals surface area contributed by atoms with E-state index in [1.165, 1.54) is 0 Å². The minimum absolute atomic E-state index is 0.157. The molecule has 0 saturated carbocycles. The fraction of sp³-hybridized carbons (Fsp3) is 0.500. The molecule has 0 radical (unpaired) electrons. The van der Waals surface area contributed by atoms with Crippen LogP contribution in [0.15, 0.2) is 35.1 Å². The molecule has 0 aliphatic heterocycles. The molecule has 1 unspecified atom stereocenters. The average Bonchev–Trinajstić information content (AvgIpc) is 2.47. The molecular formula is C12H19NO3. The van der Waals surface area contributed by atoms with Gasteiger partial charge in [-0.1, -0.05) is 19.1 Å². The zero-order chi connectivity index (χ0) is 12.0. The summed E-state index contributed by atoms with van der Waals surface area (Å²) in [5.74, 6) is 0.157. The molecule has 0 amide bonds. The molecule has 0 aromatic rings. The van der Waals surface area contributed by atoms with Gasteiger partial charge >= 0.3 is 0 Å². The Morgan fingerprint density at radius 2 is 2.25 bits per heavy atom. The van der Waals surface area contributed by atoms with Gasteiger partial charge in [0.15, 0.2) is 0 Å². The zero-order valence-corrected chi connectivity index (χ0v) is 9.48. The summed E-state index contributed by atoms with van der Waals surface area (Å²) in [4.78, 5) is 0. The van der Waals surface area contributed by atoms with Gasteiger partial charge in [-0.05, 0) is 18.2 Å². The van der Waals surface area contributed by atoms with Gasteiger partial charge in [0.2, 0.25) is 0 Å². The van der Waals surface area contributed by atoms with E-state index in [1.54, 1.807) is 18.2 Å². The van der Waals surface area contributed by atoms with Crippen molar-refractivity contribution in [3.8, 4) is 0 Å². The number of nitrogens with one attached hydrogen (secondary N) is 1. The average molecular weight is 225 g/mol. The summed E-state index contributed by atoms with van der Waals surface area (Å²) in [6.45, 7) is 3.01. The van der Waals surface area contributed by atoms with Crippen molar-refractivity contribution in [2.75, 3.05) is 19.7 Å². The Balaban J connectivity index is 2.78. The van der Waals surface area contributed by atoms with Gasteiger partial charge in [-0.15, -0.1) is 0 Å². The van der Waals surface area contributed by atoms with E-state index in [2.05, 4.69) is 5.32 Å². The number of aliphatic hydroxyl groups is 3. The summed E-state index contributed by atoms with van der Waals surface area (Å²) < 4.78 is 0. The standard InChI is InChI=1S/C12H19NO3/c1-2-13-7-12(16)9-4-3-5-11(15)10(6-9)8-14/h3-4,6,12-16H,2,5,7-8H2,1H3. The molecule has 0 saturated heterocycles. The van der Waals surface area contributed by atoms with E-state index in [0.29, 0.717) is 24.1 Å². The van der Waals surface area contributed by atoms with Crippen LogP contribution < -0.4 is 5.32 Å². The summed E-state index contributed by atoms with van der Waals surface area (Å²) in [6.07, 6.45) is 4.97. The Hall–Kier alpha value is -1.10. The smallest absolute Gasteiger partial charge is 0.101 e. The second-order valence-corrected chi connectivity index (χ2v) is 3.70. The number of hydrogen-bond acceptors (Lipinski definition) is 4. The van der Waals surface area contributed by atoms with Crippen LogP contribution in [0.3, 0.4) is 0 Å². The lowest BCUT2D eigenvalue weighted by Gasteiger charge is -2.12. The van der Waals surface area contributed by atoms with Crippen LogP contribution in [0, 0.1) is 0 Å². The second-order valence-electron chi connectivity index (χ2n) is 3.70. The first-order chi connectivity index (χ1) is 7.69. The summed E-state index contributed by atoms with van der Waals surface area (Å²) in [5.41, 5.74) is 1.17. The molecule has 0 bridgehead atoms. The van der Waals surface area contributed by atoms with Crippen molar-refractivity contribution in [3.63, 3.8) is 0 Å². The lowest BCUT2D eigenvalue weighted by atomic mass is 10.1. The van der Waals surface area contributed by atoms with Crippen LogP contribution >= 0.6 is 0 Å². The normalized spacial score (nSPS) is 18.3. The Labute approximate surface area is 95.6 Å². The van der Waals surface area contributed by atoms with Crippen LogP contribution in [0.2, 0.25) is 0 Å². The van der Waals surface area contributed by atoms with Crippen LogP contribution in [0.1, 0.15) is 13.3 Å². The number of likely N-dealkylation sites (N-methyl/N-ethyl adjacent to an activating group) is 1. The maximum Gasteiger partial charge on any atom is 0.101 e. The molecule has 16 heavy (non-hydrogen) atoms. The molecule has 0 fully saturated rings. The van der Waals surface area contributed by atoms with E-state index in [4.69, 9.17) is 5.11 Å². The highest BCUT2D eigenvalue weighted by Gasteiger charge is 2.12. The Kier molecular flexibility index (Phi) is 5.25. The molecule has 4 heteroatoms. The predicted octanol–water partition coefficient (Wildman–Crippen LogP) is 0.648. The fourth-order valence-corrected chi connectivity index (χ4v) is 1.51. The highest BCUT2D eigenvalue weighted by atomic mass is 16.3. The van der Waals surface area contributed by atoms with Crippen LogP contribution in [-0.4, -0.2) is 41.1 Å². The van der Waals surface area contributed by atoms with Crippen LogP contribution in [0.4, 0.5) is 0 Å². The predicted molar refractivity (Wildman–Crippen MR) is 63.1 cm³/mol. The topological polar surface area (TPSA) is 72.7 Å². The lowest BCUT2D eigenvalue weighted by molar-refractivity contribution is 0.211. The van der Waals surface area contributed by atoms with E-state index < -0.39 is 6.10 Å². The van der Waals surface area contributed by atoms with Crippen LogP contribution in [0.25, 0.3) is 0 Å². The minimum atomic E-state index is -0.622. The van der Waals surface area contributed by atoms with E-state index in [-0.39, 0.29) is 12.4 Å². The van der Waals surface area contributed by atoms with Crippen molar-refractivity contribution in [1.82, 2.24) is 5.32 Å². The van der Waals surface area contributed by atoms with Crippen molar-refractivity contribution in [1.29, 1.82) is 0 Å². The zero-order valence-electron chi connectivity index (χ0n) is 9.48. The molecule has 0 aromatic carbocycles. The number of allylic oxidation sites excluding steroid dienone is 1. The molecule has 4 N–H and O–H groups in total. The van der Waals surface area contributed by atoms with Gasteiger partial charge in [0, 0.05) is 18.5 Å². The third-order valence-corrected chi connectivity index (χ3v) is 2.48. The third-order valence-electron chi connectivity index (χ3n) is 2.48. The summed E-state index contributed by atoms with van der Waals surface area (Å²) in [7, 11) is 0. The minimum Gasteiger partial charge on any atom is -0.512 e. The van der Waals surface area contributed by atoms with Crippen molar-refractivity contribution in [2.24, 2.45) is 0 Å². The Morgan fingerprint density at radius 1 is 1.50 bits per heavy atom. The molecule has 1 aliphatic carbocycles. The molecule has 1 aliphatic rings. The highest BCUT2D eigenvalue weighted by molar-refractivity contribution is 5.38. The SMILES string of the molecule is CCNCC(O)C1=CC(CO)=C(O)CC=C1. The maximum atomic E-state index is 9.86. The fourth-order valence-electron chi connectivity index (χ4n) is 1.51. The summed E-state index contributed by atoms with van der Waals surface area (Å²) in [5, 5.41) is 31.5. The van der Waals surface area contributed by atoms with E-state index in [0.717, 1.165) is 6.54 Å². The summed E-state index contributed by atoms with van der Waals surface area (Å²) >= 11 is 0. The first-order valence-electron chi connectivity index (χ1n) is 5.47. The van der Waals surface area contributed by atoms with Crippen molar-refractivity contribution in [3.05, 3.63) is 35.1 Å². The van der Waals surface area contributed by atoms with Crippen LogP contribution in [0.5, 0.6) is 0 Å². The maximum absolute atomic E-state index is 9.86. The third kappa shape index (κ3) is 3.48. The van der Waals surface area contributed by atoms with Gasteiger partial charge in [0.1, 0.15) is 5.76 Å². The van der Waals surface area contributed by atoms with Crippen LogP contribution in [-0.2, 0) is 0 Å². The second kappa shape index (κ2) is 6.48. The quantitative estimate of drug-likeness (QED) is 0.554. The Morgan fingerprint density at radius 3 is 2.88 bits per heavy atom. The molecular weight excluding hydrogens is 206 g/mol. The van der Waals surface area contributed by atoms with Crippen molar-refractivity contribution in [2.45, 2.75) is 19.4 Å². The molecule has 1 rings (SSSR count). The van der Waals surface area contributed by atoms with Gasteiger partial charge in [-0.3, -0.25) is 0 Å². The number of hydrogen-bond donors (Lipinski definition) is 4. The lowest BCUT2D eigenvalue weighted by Crippen LogP contribution is -2.27. The van der Waals surface area contributed by atoms with Crippen molar-refractivity contribution < 1.29 is 15.3 Å². The molecule has 0 aromatic heterocycles. The monoisotopic (exact) mass is 225 g/mol. The summed E-state index contributed by atoms with van der Waals surface area (Å²) in [6, 6.07) is 0. The first kappa shape index (κ1) is 13.0. The largest absolute Gasteiger partial charge is 0.512 e. The van der Waals surface area contributed by atoms with Gasteiger partial charge < -0.3 is 20.6 Å². The Bertz CT molecular complexity index is 318. The molecule has 1 atom stereocenters. The number of rotatable bonds is 5. The van der Waals surface area contributed by atoms with Gasteiger partial charge in [-0.25, -0.2) is 0 Å². The van der Waals surface area contributed by atoms with Gasteiger partial charge in [0.05, 0.1) is 12.7 Å². The molecule has 4 nitrogen and oxygen atoms in total. The van der Waals surface area contributed by atoms with Gasteiger partial charge in [0.25, 0.3) is 0 Å². The number of aliphatic hydroxyl groups excluding tert-OH is 3. The molecule has 90 valence electrons. The van der Waals surface area contributed by atoms with Gasteiger partial charge in [-0.2, -0.15) is 0 Å². The van der Waals surface area contributed by atoms with E-state index >= 15 is 0 Å². The first-order valence-corrected chi connectivity index (χ1v) is 5.47. The van der Waals surface area contributed by atoms with E-state index in [1.807, 2.05) is 6.92 Å². The molecule has 0 spiro atoms. The van der Waals surface area contributed by atoms with Crippen molar-refractivity contribution >= 4 is 0 Å². The van der Waals surface area contributed by atoms with E-state index in [9.17, 15) is 10.2 Å². The highest BCUT2D eigenvalue weighted by Crippen LogP contribution is 2.17. The molecule has 0 heterocycles.